The molecule has 0 aliphatic carbocycles. The minimum absolute atomic E-state index is 0.187. The Morgan fingerprint density at radius 3 is 3.07 bits per heavy atom. The van der Waals surface area contributed by atoms with Crippen LogP contribution in [0.2, 0.25) is 0 Å². The molecule has 0 saturated carbocycles. The molecular weight excluding hydrogens is 226 g/mol. The van der Waals surface area contributed by atoms with Crippen LogP contribution in [-0.4, -0.2) is 16.6 Å². The van der Waals surface area contributed by atoms with Gasteiger partial charge in [0.25, 0.3) is 0 Å². The van der Waals surface area contributed by atoms with E-state index >= 15 is 0 Å². The Bertz CT molecular complexity index is 285. The van der Waals surface area contributed by atoms with E-state index in [2.05, 4.69) is 29.5 Å². The van der Waals surface area contributed by atoms with Crippen LogP contribution in [0.25, 0.3) is 0 Å². The zero-order chi connectivity index (χ0) is 11.1. The molecule has 0 saturated heterocycles. The van der Waals surface area contributed by atoms with Gasteiger partial charge in [-0.2, -0.15) is 0 Å². The zero-order valence-corrected chi connectivity index (χ0v) is 10.8. The summed E-state index contributed by atoms with van der Waals surface area (Å²) >= 11 is 6.81. The van der Waals surface area contributed by atoms with Crippen LogP contribution in [0, 0.1) is 0 Å². The second-order valence-electron chi connectivity index (χ2n) is 3.35. The molecule has 3 nitrogen and oxygen atoms in total. The summed E-state index contributed by atoms with van der Waals surface area (Å²) in [4.78, 5) is 4.23. The van der Waals surface area contributed by atoms with E-state index in [1.165, 1.54) is 6.42 Å². The summed E-state index contributed by atoms with van der Waals surface area (Å²) in [5.74, 6) is 0. The summed E-state index contributed by atoms with van der Waals surface area (Å²) in [6, 6.07) is 0.187. The van der Waals surface area contributed by atoms with E-state index in [-0.39, 0.29) is 6.04 Å². The Morgan fingerprint density at radius 2 is 2.47 bits per heavy atom. The van der Waals surface area contributed by atoms with Gasteiger partial charge in [-0.3, -0.25) is 0 Å². The van der Waals surface area contributed by atoms with Crippen LogP contribution in [0.5, 0.6) is 0 Å². The van der Waals surface area contributed by atoms with Gasteiger partial charge < -0.3 is 10.6 Å². The Labute approximate surface area is 100 Å². The predicted octanol–water partition coefficient (Wildman–Crippen LogP) is 2.47. The Balaban J connectivity index is 2.26. The normalized spacial score (nSPS) is 12.1. The molecule has 1 aromatic rings. The maximum absolute atomic E-state index is 5.17. The molecule has 1 rings (SSSR count). The fourth-order valence-electron chi connectivity index (χ4n) is 1.14. The average Bonchev–Trinajstić information content (AvgIpc) is 2.70. The first-order valence-electron chi connectivity index (χ1n) is 5.17. The van der Waals surface area contributed by atoms with Crippen molar-refractivity contribution >= 4 is 28.7 Å². The van der Waals surface area contributed by atoms with Crippen molar-refractivity contribution in [2.24, 2.45) is 0 Å². The van der Waals surface area contributed by atoms with Gasteiger partial charge in [0.05, 0.1) is 6.04 Å². The van der Waals surface area contributed by atoms with Gasteiger partial charge in [-0.25, -0.2) is 4.98 Å². The van der Waals surface area contributed by atoms with Crippen LogP contribution in [0.3, 0.4) is 0 Å². The van der Waals surface area contributed by atoms with E-state index in [1.54, 1.807) is 11.3 Å². The molecule has 1 atom stereocenters. The van der Waals surface area contributed by atoms with Gasteiger partial charge in [0.2, 0.25) is 0 Å². The lowest BCUT2D eigenvalue weighted by Crippen LogP contribution is -2.37. The fraction of sp³-hybridized carbons (Fsp3) is 0.600. The molecule has 1 aromatic heterocycles. The Kier molecular flexibility index (Phi) is 5.57. The molecule has 15 heavy (non-hydrogen) atoms. The molecule has 0 fully saturated rings. The van der Waals surface area contributed by atoms with Crippen LogP contribution in [-0.2, 0) is 0 Å². The van der Waals surface area contributed by atoms with Crippen molar-refractivity contribution in [3.63, 3.8) is 0 Å². The topological polar surface area (TPSA) is 37.0 Å². The van der Waals surface area contributed by atoms with Crippen molar-refractivity contribution in [3.05, 3.63) is 16.6 Å². The third kappa shape index (κ3) is 4.57. The first-order chi connectivity index (χ1) is 7.24. The standard InChI is InChI=1S/C10H17N3S2/c1-3-4-5-12-10(14)13-8(2)9-11-6-7-15-9/h6-8H,3-5H2,1-2H3,(H2,12,13,14). The van der Waals surface area contributed by atoms with E-state index in [0.29, 0.717) is 5.11 Å². The third-order valence-corrected chi connectivity index (χ3v) is 3.21. The second kappa shape index (κ2) is 6.74. The molecule has 0 bridgehead atoms. The first kappa shape index (κ1) is 12.4. The van der Waals surface area contributed by atoms with E-state index in [1.807, 2.05) is 11.6 Å². The van der Waals surface area contributed by atoms with Gasteiger partial charge in [0, 0.05) is 18.1 Å². The number of thiocarbonyl (C=S) groups is 1. The lowest BCUT2D eigenvalue weighted by molar-refractivity contribution is 0.679. The number of unbranched alkanes of at least 4 members (excludes halogenated alkanes) is 1. The van der Waals surface area contributed by atoms with Crippen molar-refractivity contribution in [2.45, 2.75) is 32.7 Å². The van der Waals surface area contributed by atoms with Crippen molar-refractivity contribution in [3.8, 4) is 0 Å². The fourth-order valence-corrected chi connectivity index (χ4v) is 2.06. The van der Waals surface area contributed by atoms with Gasteiger partial charge in [0.1, 0.15) is 5.01 Å². The first-order valence-corrected chi connectivity index (χ1v) is 6.46. The number of thiazole rings is 1. The molecule has 2 N–H and O–H groups in total. The largest absolute Gasteiger partial charge is 0.363 e. The predicted molar refractivity (Wildman–Crippen MR) is 69.2 cm³/mol. The average molecular weight is 243 g/mol. The lowest BCUT2D eigenvalue weighted by atomic mass is 10.3. The van der Waals surface area contributed by atoms with E-state index in [9.17, 15) is 0 Å². The third-order valence-electron chi connectivity index (χ3n) is 1.99. The molecular formula is C10H17N3S2. The summed E-state index contributed by atoms with van der Waals surface area (Å²) in [7, 11) is 0. The number of aromatic nitrogens is 1. The Morgan fingerprint density at radius 1 is 1.67 bits per heavy atom. The number of nitrogens with one attached hydrogen (secondary N) is 2. The van der Waals surface area contributed by atoms with Crippen molar-refractivity contribution in [1.82, 2.24) is 15.6 Å². The number of hydrogen-bond donors (Lipinski definition) is 2. The molecule has 1 heterocycles. The van der Waals surface area contributed by atoms with Crippen LogP contribution < -0.4 is 10.6 Å². The van der Waals surface area contributed by atoms with Crippen molar-refractivity contribution < 1.29 is 0 Å². The highest BCUT2D eigenvalue weighted by atomic mass is 32.1. The van der Waals surface area contributed by atoms with Crippen molar-refractivity contribution in [2.75, 3.05) is 6.54 Å². The molecule has 0 aliphatic rings. The van der Waals surface area contributed by atoms with Crippen LogP contribution in [0.15, 0.2) is 11.6 Å². The smallest absolute Gasteiger partial charge is 0.166 e. The SMILES string of the molecule is CCCCNC(=S)NC(C)c1nccs1. The molecule has 84 valence electrons. The number of hydrogen-bond acceptors (Lipinski definition) is 3. The quantitative estimate of drug-likeness (QED) is 0.615. The van der Waals surface area contributed by atoms with Gasteiger partial charge >= 0.3 is 0 Å². The summed E-state index contributed by atoms with van der Waals surface area (Å²) < 4.78 is 0. The monoisotopic (exact) mass is 243 g/mol. The summed E-state index contributed by atoms with van der Waals surface area (Å²) in [5, 5.41) is 10.1. The van der Waals surface area contributed by atoms with Crippen LogP contribution in [0.1, 0.15) is 37.7 Å². The highest BCUT2D eigenvalue weighted by Gasteiger charge is 2.08. The molecule has 0 aromatic carbocycles. The van der Waals surface area contributed by atoms with E-state index in [4.69, 9.17) is 12.2 Å². The second-order valence-corrected chi connectivity index (χ2v) is 4.68. The van der Waals surface area contributed by atoms with Crippen LogP contribution in [0.4, 0.5) is 0 Å². The highest BCUT2D eigenvalue weighted by Crippen LogP contribution is 2.14. The van der Waals surface area contributed by atoms with Gasteiger partial charge in [-0.1, -0.05) is 13.3 Å². The minimum Gasteiger partial charge on any atom is -0.363 e. The molecule has 0 radical (unpaired) electrons. The minimum atomic E-state index is 0.187. The lowest BCUT2D eigenvalue weighted by Gasteiger charge is -2.14. The van der Waals surface area contributed by atoms with Crippen LogP contribution >= 0.6 is 23.6 Å². The maximum Gasteiger partial charge on any atom is 0.166 e. The molecule has 1 unspecified atom stereocenters. The van der Waals surface area contributed by atoms with Gasteiger partial charge in [0.15, 0.2) is 5.11 Å². The summed E-state index contributed by atoms with van der Waals surface area (Å²) in [5.41, 5.74) is 0. The number of nitrogens with zero attached hydrogens (tertiary/aromatic N) is 1. The molecule has 0 aliphatic heterocycles. The molecule has 0 amide bonds. The van der Waals surface area contributed by atoms with Gasteiger partial charge in [-0.15, -0.1) is 11.3 Å². The summed E-state index contributed by atoms with van der Waals surface area (Å²) in [6.45, 7) is 5.16. The summed E-state index contributed by atoms with van der Waals surface area (Å²) in [6.07, 6.45) is 4.14. The molecule has 5 heteroatoms. The maximum atomic E-state index is 5.17. The van der Waals surface area contributed by atoms with Gasteiger partial charge in [-0.05, 0) is 25.6 Å². The van der Waals surface area contributed by atoms with E-state index in [0.717, 1.165) is 18.0 Å². The van der Waals surface area contributed by atoms with E-state index < -0.39 is 0 Å². The molecule has 0 spiro atoms. The number of rotatable bonds is 5. The van der Waals surface area contributed by atoms with Crippen molar-refractivity contribution in [1.29, 1.82) is 0 Å². The highest BCUT2D eigenvalue weighted by molar-refractivity contribution is 7.80. The Hall–Kier alpha value is -0.680. The zero-order valence-electron chi connectivity index (χ0n) is 9.12.